The molecular weight excluding hydrogens is 184 g/mol. The molecule has 0 aliphatic rings. The van der Waals surface area contributed by atoms with Crippen LogP contribution >= 0.6 is 0 Å². The van der Waals surface area contributed by atoms with Crippen LogP contribution in [0.5, 0.6) is 0 Å². The molecule has 2 aromatic rings. The average Bonchev–Trinajstić information content (AvgIpc) is 2.47. The van der Waals surface area contributed by atoms with E-state index in [0.29, 0.717) is 0 Å². The molecular formula is C13H18N2. The Hall–Kier alpha value is -1.44. The third-order valence-corrected chi connectivity index (χ3v) is 2.88. The number of anilines is 1. The maximum atomic E-state index is 5.88. The van der Waals surface area contributed by atoms with Crippen molar-refractivity contribution in [2.24, 2.45) is 0 Å². The molecule has 0 amide bonds. The van der Waals surface area contributed by atoms with Gasteiger partial charge in [-0.15, -0.1) is 0 Å². The van der Waals surface area contributed by atoms with Crippen LogP contribution in [0.25, 0.3) is 10.9 Å². The zero-order valence-electron chi connectivity index (χ0n) is 9.81. The maximum absolute atomic E-state index is 5.88. The molecule has 0 unspecified atom stereocenters. The van der Waals surface area contributed by atoms with Crippen molar-refractivity contribution in [2.75, 3.05) is 5.73 Å². The van der Waals surface area contributed by atoms with Crippen LogP contribution in [-0.2, 0) is 5.41 Å². The lowest BCUT2D eigenvalue weighted by Gasteiger charge is -2.17. The number of aryl methyl sites for hydroxylation is 1. The van der Waals surface area contributed by atoms with E-state index in [1.54, 1.807) is 0 Å². The number of nitrogens with two attached hydrogens (primary N) is 1. The molecule has 0 spiro atoms. The number of nitrogen functional groups attached to an aromatic ring is 1. The zero-order chi connectivity index (χ0) is 11.2. The highest BCUT2D eigenvalue weighted by atomic mass is 14.7. The summed E-state index contributed by atoms with van der Waals surface area (Å²) in [6.07, 6.45) is 2.09. The summed E-state index contributed by atoms with van der Waals surface area (Å²) in [5, 5.41) is 1.29. The van der Waals surface area contributed by atoms with E-state index in [4.69, 9.17) is 5.73 Å². The third-order valence-electron chi connectivity index (χ3n) is 2.88. The van der Waals surface area contributed by atoms with Gasteiger partial charge in [-0.05, 0) is 35.6 Å². The summed E-state index contributed by atoms with van der Waals surface area (Å²) in [7, 11) is 0. The Labute approximate surface area is 90.5 Å². The first-order chi connectivity index (χ1) is 6.89. The van der Waals surface area contributed by atoms with Crippen molar-refractivity contribution in [3.63, 3.8) is 0 Å². The van der Waals surface area contributed by atoms with E-state index in [1.807, 2.05) is 13.0 Å². The number of aromatic nitrogens is 1. The minimum Gasteiger partial charge on any atom is -0.398 e. The van der Waals surface area contributed by atoms with Gasteiger partial charge in [0, 0.05) is 22.8 Å². The number of hydrogen-bond acceptors (Lipinski definition) is 1. The van der Waals surface area contributed by atoms with E-state index >= 15 is 0 Å². The predicted molar refractivity (Wildman–Crippen MR) is 66.1 cm³/mol. The van der Waals surface area contributed by atoms with Gasteiger partial charge in [-0.25, -0.2) is 0 Å². The van der Waals surface area contributed by atoms with Crippen LogP contribution in [0, 0.1) is 6.92 Å². The van der Waals surface area contributed by atoms with Gasteiger partial charge in [-0.3, -0.25) is 0 Å². The fourth-order valence-corrected chi connectivity index (χ4v) is 1.92. The molecule has 0 saturated heterocycles. The molecule has 0 radical (unpaired) electrons. The Morgan fingerprint density at radius 1 is 1.20 bits per heavy atom. The van der Waals surface area contributed by atoms with Gasteiger partial charge in [0.2, 0.25) is 0 Å². The summed E-state index contributed by atoms with van der Waals surface area (Å²) in [6.45, 7) is 8.72. The lowest BCUT2D eigenvalue weighted by molar-refractivity contribution is 0.596. The Kier molecular flexibility index (Phi) is 2.03. The van der Waals surface area contributed by atoms with E-state index < -0.39 is 0 Å². The number of hydrogen-bond donors (Lipinski definition) is 2. The first kappa shape index (κ1) is 10.1. The molecule has 2 nitrogen and oxygen atoms in total. The standard InChI is InChI=1S/C13H18N2/c1-8-5-9-10(13(2,3)4)7-15-12(9)6-11(8)14/h5-7,15H,14H2,1-4H3. The molecule has 0 aliphatic heterocycles. The number of fused-ring (bicyclic) bond motifs is 1. The summed E-state index contributed by atoms with van der Waals surface area (Å²) in [4.78, 5) is 3.28. The first-order valence-electron chi connectivity index (χ1n) is 5.27. The van der Waals surface area contributed by atoms with Crippen molar-refractivity contribution in [1.82, 2.24) is 4.98 Å². The lowest BCUT2D eigenvalue weighted by atomic mass is 9.86. The van der Waals surface area contributed by atoms with Crippen molar-refractivity contribution in [2.45, 2.75) is 33.1 Å². The molecule has 0 aliphatic carbocycles. The van der Waals surface area contributed by atoms with Crippen molar-refractivity contribution in [1.29, 1.82) is 0 Å². The second-order valence-corrected chi connectivity index (χ2v) is 5.21. The molecule has 2 heteroatoms. The minimum absolute atomic E-state index is 0.167. The molecule has 1 heterocycles. The number of benzene rings is 1. The fourth-order valence-electron chi connectivity index (χ4n) is 1.92. The van der Waals surface area contributed by atoms with Crippen LogP contribution in [0.3, 0.4) is 0 Å². The number of H-pyrrole nitrogens is 1. The third kappa shape index (κ3) is 1.60. The smallest absolute Gasteiger partial charge is 0.0477 e. The maximum Gasteiger partial charge on any atom is 0.0477 e. The van der Waals surface area contributed by atoms with Gasteiger partial charge >= 0.3 is 0 Å². The zero-order valence-corrected chi connectivity index (χ0v) is 9.81. The minimum atomic E-state index is 0.167. The summed E-state index contributed by atoms with van der Waals surface area (Å²) >= 11 is 0. The normalized spacial score (nSPS) is 12.3. The van der Waals surface area contributed by atoms with E-state index in [1.165, 1.54) is 10.9 Å². The van der Waals surface area contributed by atoms with Gasteiger partial charge in [-0.2, -0.15) is 0 Å². The highest BCUT2D eigenvalue weighted by Crippen LogP contribution is 2.31. The molecule has 0 atom stereocenters. The van der Waals surface area contributed by atoms with Crippen LogP contribution in [0.4, 0.5) is 5.69 Å². The molecule has 0 bridgehead atoms. The van der Waals surface area contributed by atoms with Crippen molar-refractivity contribution in [3.05, 3.63) is 29.5 Å². The van der Waals surface area contributed by atoms with Gasteiger partial charge < -0.3 is 10.7 Å². The fraction of sp³-hybridized carbons (Fsp3) is 0.385. The molecule has 3 N–H and O–H groups in total. The van der Waals surface area contributed by atoms with Crippen molar-refractivity contribution >= 4 is 16.6 Å². The topological polar surface area (TPSA) is 41.8 Å². The van der Waals surface area contributed by atoms with E-state index in [2.05, 4.69) is 38.0 Å². The quantitative estimate of drug-likeness (QED) is 0.632. The molecule has 2 rings (SSSR count). The molecule has 80 valence electrons. The molecule has 0 fully saturated rings. The van der Waals surface area contributed by atoms with Gasteiger partial charge in [0.05, 0.1) is 0 Å². The second kappa shape index (κ2) is 3.02. The van der Waals surface area contributed by atoms with E-state index in [-0.39, 0.29) is 5.41 Å². The van der Waals surface area contributed by atoms with Gasteiger partial charge in [-0.1, -0.05) is 20.8 Å². The van der Waals surface area contributed by atoms with Crippen molar-refractivity contribution in [3.8, 4) is 0 Å². The SMILES string of the molecule is Cc1cc2c(C(C)(C)C)c[nH]c2cc1N. The van der Waals surface area contributed by atoms with E-state index in [9.17, 15) is 0 Å². The molecule has 1 aromatic heterocycles. The second-order valence-electron chi connectivity index (χ2n) is 5.21. The summed E-state index contributed by atoms with van der Waals surface area (Å²) in [6, 6.07) is 4.18. The van der Waals surface area contributed by atoms with Gasteiger partial charge in [0.25, 0.3) is 0 Å². The number of rotatable bonds is 0. The summed E-state index contributed by atoms with van der Waals surface area (Å²) in [5.74, 6) is 0. The van der Waals surface area contributed by atoms with Crippen LogP contribution in [0.2, 0.25) is 0 Å². The van der Waals surface area contributed by atoms with Crippen LogP contribution in [-0.4, -0.2) is 4.98 Å². The van der Waals surface area contributed by atoms with Crippen LogP contribution < -0.4 is 5.73 Å². The summed E-state index contributed by atoms with van der Waals surface area (Å²) in [5.41, 5.74) is 10.5. The molecule has 15 heavy (non-hydrogen) atoms. The average molecular weight is 202 g/mol. The number of nitrogens with one attached hydrogen (secondary N) is 1. The lowest BCUT2D eigenvalue weighted by Crippen LogP contribution is -2.09. The van der Waals surface area contributed by atoms with Gasteiger partial charge in [0.15, 0.2) is 0 Å². The number of aromatic amines is 1. The largest absolute Gasteiger partial charge is 0.398 e. The molecule has 1 aromatic carbocycles. The Bertz CT molecular complexity index is 501. The van der Waals surface area contributed by atoms with Crippen LogP contribution in [0.15, 0.2) is 18.3 Å². The predicted octanol–water partition coefficient (Wildman–Crippen LogP) is 3.36. The Morgan fingerprint density at radius 2 is 1.87 bits per heavy atom. The highest BCUT2D eigenvalue weighted by Gasteiger charge is 2.18. The summed E-state index contributed by atoms with van der Waals surface area (Å²) < 4.78 is 0. The highest BCUT2D eigenvalue weighted by molar-refractivity contribution is 5.88. The van der Waals surface area contributed by atoms with E-state index in [0.717, 1.165) is 16.8 Å². The van der Waals surface area contributed by atoms with Crippen molar-refractivity contribution < 1.29 is 0 Å². The monoisotopic (exact) mass is 202 g/mol. The molecule has 0 saturated carbocycles. The Morgan fingerprint density at radius 3 is 2.47 bits per heavy atom. The van der Waals surface area contributed by atoms with Crippen LogP contribution in [0.1, 0.15) is 31.9 Å². The Balaban J connectivity index is 2.75. The first-order valence-corrected chi connectivity index (χ1v) is 5.27. The van der Waals surface area contributed by atoms with Gasteiger partial charge in [0.1, 0.15) is 0 Å².